The Kier molecular flexibility index (Phi) is 4.48. The van der Waals surface area contributed by atoms with E-state index in [1.54, 1.807) is 0 Å². The maximum atomic E-state index is 9.59. The van der Waals surface area contributed by atoms with E-state index >= 15 is 0 Å². The molecule has 1 aliphatic carbocycles. The number of likely N-dealkylation sites (tertiary alicyclic amines) is 1. The zero-order valence-electron chi connectivity index (χ0n) is 11.6. The van der Waals surface area contributed by atoms with Gasteiger partial charge in [-0.15, -0.1) is 0 Å². The molecule has 2 rings (SSSR count). The molecule has 1 heterocycles. The smallest absolute Gasteiger partial charge is 0.0496 e. The van der Waals surface area contributed by atoms with Crippen LogP contribution in [0, 0.1) is 11.3 Å². The Morgan fingerprint density at radius 1 is 1.18 bits per heavy atom. The molecule has 0 aromatic carbocycles. The van der Waals surface area contributed by atoms with Crippen molar-refractivity contribution in [2.45, 2.75) is 64.8 Å². The molecule has 3 atom stereocenters. The minimum absolute atomic E-state index is 0.110. The lowest BCUT2D eigenvalue weighted by molar-refractivity contribution is 0.00775. The lowest BCUT2D eigenvalue weighted by Gasteiger charge is -2.47. The van der Waals surface area contributed by atoms with Crippen molar-refractivity contribution in [1.82, 2.24) is 4.90 Å². The molecular formula is C15H29NO. The highest BCUT2D eigenvalue weighted by atomic mass is 16.3. The Hall–Kier alpha value is -0.0800. The number of aliphatic hydroxyl groups excluding tert-OH is 1. The predicted octanol–water partition coefficient (Wildman–Crippen LogP) is 3.05. The topological polar surface area (TPSA) is 23.5 Å². The molecule has 1 unspecified atom stereocenters. The molecule has 0 radical (unpaired) electrons. The minimum atomic E-state index is 0.110. The molecule has 2 aliphatic rings. The quantitative estimate of drug-likeness (QED) is 0.815. The first-order chi connectivity index (χ1) is 8.18. The molecule has 0 amide bonds. The van der Waals surface area contributed by atoms with Gasteiger partial charge >= 0.3 is 0 Å². The van der Waals surface area contributed by atoms with Crippen molar-refractivity contribution in [2.75, 3.05) is 19.7 Å². The van der Waals surface area contributed by atoms with Crippen LogP contribution in [0.3, 0.4) is 0 Å². The predicted molar refractivity (Wildman–Crippen MR) is 72.0 cm³/mol. The molecule has 0 aromatic rings. The van der Waals surface area contributed by atoms with Gasteiger partial charge in [-0.25, -0.2) is 0 Å². The molecule has 2 nitrogen and oxygen atoms in total. The van der Waals surface area contributed by atoms with Gasteiger partial charge in [0.1, 0.15) is 0 Å². The molecule has 1 aliphatic heterocycles. The minimum Gasteiger partial charge on any atom is -0.396 e. The van der Waals surface area contributed by atoms with Gasteiger partial charge in [0.05, 0.1) is 0 Å². The van der Waals surface area contributed by atoms with Crippen LogP contribution >= 0.6 is 0 Å². The van der Waals surface area contributed by atoms with E-state index in [-0.39, 0.29) is 5.41 Å². The third-order valence-corrected chi connectivity index (χ3v) is 5.18. The summed E-state index contributed by atoms with van der Waals surface area (Å²) in [6.07, 6.45) is 9.60. The number of hydrogen-bond acceptors (Lipinski definition) is 2. The zero-order valence-corrected chi connectivity index (χ0v) is 11.6. The molecule has 2 fully saturated rings. The summed E-state index contributed by atoms with van der Waals surface area (Å²) in [6, 6.07) is 0.829. The lowest BCUT2D eigenvalue weighted by Crippen LogP contribution is -2.51. The molecule has 0 bridgehead atoms. The van der Waals surface area contributed by atoms with E-state index in [1.807, 2.05) is 0 Å². The Morgan fingerprint density at radius 3 is 2.59 bits per heavy atom. The molecule has 100 valence electrons. The molecular weight excluding hydrogens is 210 g/mol. The SMILES string of the molecule is CCC(C)(CO)CN1CCC[C@H]2CCCC[C@H]21. The first-order valence-corrected chi connectivity index (χ1v) is 7.53. The summed E-state index contributed by atoms with van der Waals surface area (Å²) in [5.41, 5.74) is 0.110. The average Bonchev–Trinajstić information content (AvgIpc) is 2.39. The van der Waals surface area contributed by atoms with Gasteiger partial charge in [0.2, 0.25) is 0 Å². The standard InChI is InChI=1S/C15H29NO/c1-3-15(2,12-17)11-16-10-6-8-13-7-4-5-9-14(13)16/h13-14,17H,3-12H2,1-2H3/t13-,14-,15?/m1/s1. The summed E-state index contributed by atoms with van der Waals surface area (Å²) in [7, 11) is 0. The van der Waals surface area contributed by atoms with Crippen molar-refractivity contribution < 1.29 is 5.11 Å². The summed E-state index contributed by atoms with van der Waals surface area (Å²) >= 11 is 0. The maximum Gasteiger partial charge on any atom is 0.0496 e. The van der Waals surface area contributed by atoms with Crippen molar-refractivity contribution in [3.63, 3.8) is 0 Å². The van der Waals surface area contributed by atoms with Gasteiger partial charge in [-0.05, 0) is 44.6 Å². The molecule has 17 heavy (non-hydrogen) atoms. The highest BCUT2D eigenvalue weighted by Crippen LogP contribution is 2.37. The van der Waals surface area contributed by atoms with Crippen LogP contribution in [-0.2, 0) is 0 Å². The van der Waals surface area contributed by atoms with E-state index in [4.69, 9.17) is 0 Å². The molecule has 2 heteroatoms. The summed E-state index contributed by atoms with van der Waals surface area (Å²) in [6.45, 7) is 7.13. The van der Waals surface area contributed by atoms with Crippen molar-refractivity contribution in [3.8, 4) is 0 Å². The van der Waals surface area contributed by atoms with Gasteiger partial charge < -0.3 is 5.11 Å². The van der Waals surface area contributed by atoms with Crippen LogP contribution in [0.25, 0.3) is 0 Å². The number of piperidine rings is 1. The highest BCUT2D eigenvalue weighted by Gasteiger charge is 2.36. The largest absolute Gasteiger partial charge is 0.396 e. The molecule has 0 spiro atoms. The van der Waals surface area contributed by atoms with Crippen molar-refractivity contribution >= 4 is 0 Å². The Balaban J connectivity index is 1.98. The summed E-state index contributed by atoms with van der Waals surface area (Å²) in [4.78, 5) is 2.70. The first-order valence-electron chi connectivity index (χ1n) is 7.53. The Morgan fingerprint density at radius 2 is 1.88 bits per heavy atom. The number of fused-ring (bicyclic) bond motifs is 1. The number of rotatable bonds is 4. The summed E-state index contributed by atoms with van der Waals surface area (Å²) < 4.78 is 0. The van der Waals surface area contributed by atoms with Crippen LogP contribution in [0.4, 0.5) is 0 Å². The fourth-order valence-corrected chi connectivity index (χ4v) is 3.69. The molecule has 1 N–H and O–H groups in total. The second-order valence-electron chi connectivity index (χ2n) is 6.55. The normalized spacial score (nSPS) is 34.1. The van der Waals surface area contributed by atoms with Crippen molar-refractivity contribution in [2.24, 2.45) is 11.3 Å². The van der Waals surface area contributed by atoms with Gasteiger partial charge in [0, 0.05) is 24.6 Å². The average molecular weight is 239 g/mol. The van der Waals surface area contributed by atoms with Gasteiger partial charge in [-0.3, -0.25) is 4.90 Å². The van der Waals surface area contributed by atoms with Crippen LogP contribution in [-0.4, -0.2) is 35.7 Å². The van der Waals surface area contributed by atoms with Gasteiger partial charge in [-0.2, -0.15) is 0 Å². The number of hydrogen-bond donors (Lipinski definition) is 1. The van der Waals surface area contributed by atoms with Crippen LogP contribution < -0.4 is 0 Å². The van der Waals surface area contributed by atoms with Crippen LogP contribution in [0.5, 0.6) is 0 Å². The third-order valence-electron chi connectivity index (χ3n) is 5.18. The van der Waals surface area contributed by atoms with Crippen molar-refractivity contribution in [3.05, 3.63) is 0 Å². The van der Waals surface area contributed by atoms with E-state index in [0.717, 1.165) is 24.9 Å². The molecule has 1 saturated carbocycles. The Labute approximate surface area is 106 Å². The maximum absolute atomic E-state index is 9.59. The van der Waals surface area contributed by atoms with Gasteiger partial charge in [0.15, 0.2) is 0 Å². The Bertz CT molecular complexity index is 235. The monoisotopic (exact) mass is 239 g/mol. The number of nitrogens with zero attached hydrogens (tertiary/aromatic N) is 1. The van der Waals surface area contributed by atoms with E-state index in [9.17, 15) is 5.11 Å². The fraction of sp³-hybridized carbons (Fsp3) is 1.00. The van der Waals surface area contributed by atoms with E-state index in [1.165, 1.54) is 45.1 Å². The van der Waals surface area contributed by atoms with Crippen LogP contribution in [0.2, 0.25) is 0 Å². The summed E-state index contributed by atoms with van der Waals surface area (Å²) in [5, 5.41) is 9.59. The van der Waals surface area contributed by atoms with Gasteiger partial charge in [0.25, 0.3) is 0 Å². The van der Waals surface area contributed by atoms with Crippen molar-refractivity contribution in [1.29, 1.82) is 0 Å². The highest BCUT2D eigenvalue weighted by molar-refractivity contribution is 4.90. The fourth-order valence-electron chi connectivity index (χ4n) is 3.69. The number of aliphatic hydroxyl groups is 1. The lowest BCUT2D eigenvalue weighted by atomic mass is 9.77. The molecule has 1 saturated heterocycles. The van der Waals surface area contributed by atoms with E-state index < -0.39 is 0 Å². The van der Waals surface area contributed by atoms with Crippen LogP contribution in [0.1, 0.15) is 58.8 Å². The second-order valence-corrected chi connectivity index (χ2v) is 6.55. The van der Waals surface area contributed by atoms with Crippen LogP contribution in [0.15, 0.2) is 0 Å². The van der Waals surface area contributed by atoms with E-state index in [0.29, 0.717) is 6.61 Å². The first kappa shape index (κ1) is 13.4. The third kappa shape index (κ3) is 3.03. The second kappa shape index (κ2) is 5.71. The summed E-state index contributed by atoms with van der Waals surface area (Å²) in [5.74, 6) is 0.956. The zero-order chi connectivity index (χ0) is 12.3. The van der Waals surface area contributed by atoms with E-state index in [2.05, 4.69) is 18.7 Å². The molecule has 0 aromatic heterocycles. The van der Waals surface area contributed by atoms with Gasteiger partial charge in [-0.1, -0.05) is 26.7 Å².